The molecule has 144 valence electrons. The van der Waals surface area contributed by atoms with E-state index in [1.165, 1.54) is 26.4 Å². The van der Waals surface area contributed by atoms with Gasteiger partial charge in [0.25, 0.3) is 0 Å². The number of ether oxygens (including phenoxy) is 1. The minimum atomic E-state index is -1.15. The zero-order valence-corrected chi connectivity index (χ0v) is 15.7. The molecule has 0 unspecified atom stereocenters. The predicted octanol–water partition coefficient (Wildman–Crippen LogP) is 3.13. The van der Waals surface area contributed by atoms with Crippen LogP contribution in [0.4, 0.5) is 5.69 Å². The second kappa shape index (κ2) is 6.36. The van der Waals surface area contributed by atoms with Gasteiger partial charge >= 0.3 is 5.97 Å². The Labute approximate surface area is 163 Å². The van der Waals surface area contributed by atoms with Gasteiger partial charge in [-0.1, -0.05) is 30.3 Å². The number of hydrogen-bond donors (Lipinski definition) is 1. The minimum Gasteiger partial charge on any atom is -0.545 e. The number of aromatic carboxylic acids is 1. The van der Waals surface area contributed by atoms with Gasteiger partial charge in [-0.05, 0) is 66.2 Å². The van der Waals surface area contributed by atoms with Crippen molar-refractivity contribution in [2.24, 2.45) is 17.8 Å². The summed E-state index contributed by atoms with van der Waals surface area (Å²) in [6.45, 7) is 0. The standard InChI is InChI=1S/C23H23NO4/c1-28-23(27)13-7-5-12(6-8-13)20-19-15-10-9-14(11-15)18(19)16-3-2-4-17(22(25)26)21(16)24-20/h2-8,14-15,18-20,24H,9-11H2,1H3,(H,25,26)/p-1/t14-,15+,18+,19+,20+/m0/s1. The summed E-state index contributed by atoms with van der Waals surface area (Å²) in [5.41, 5.74) is 3.66. The normalized spacial score (nSPS) is 29.5. The van der Waals surface area contributed by atoms with E-state index >= 15 is 0 Å². The van der Waals surface area contributed by atoms with Gasteiger partial charge in [0.15, 0.2) is 0 Å². The van der Waals surface area contributed by atoms with E-state index in [0.717, 1.165) is 11.1 Å². The molecular formula is C23H22NO4-. The molecule has 2 aliphatic carbocycles. The fourth-order valence-electron chi connectivity index (χ4n) is 5.96. The van der Waals surface area contributed by atoms with Crippen LogP contribution in [0.3, 0.4) is 0 Å². The van der Waals surface area contributed by atoms with Gasteiger partial charge in [0.1, 0.15) is 0 Å². The van der Waals surface area contributed by atoms with Crippen LogP contribution in [0.1, 0.15) is 63.1 Å². The number of rotatable bonds is 3. The van der Waals surface area contributed by atoms with Crippen LogP contribution in [-0.2, 0) is 4.74 Å². The molecular weight excluding hydrogens is 354 g/mol. The first-order valence-electron chi connectivity index (χ1n) is 9.87. The van der Waals surface area contributed by atoms with E-state index in [1.807, 2.05) is 18.2 Å². The summed E-state index contributed by atoms with van der Waals surface area (Å²) >= 11 is 0. The number of hydrogen-bond acceptors (Lipinski definition) is 5. The number of fused-ring (bicyclic) bond motifs is 7. The lowest BCUT2D eigenvalue weighted by Gasteiger charge is -2.44. The van der Waals surface area contributed by atoms with Gasteiger partial charge < -0.3 is 20.0 Å². The molecule has 1 aliphatic heterocycles. The number of carboxylic acid groups (broad SMARTS) is 1. The summed E-state index contributed by atoms with van der Waals surface area (Å²) in [5.74, 6) is 0.570. The van der Waals surface area contributed by atoms with E-state index in [0.29, 0.717) is 34.9 Å². The Kier molecular flexibility index (Phi) is 3.93. The highest BCUT2D eigenvalue weighted by molar-refractivity contribution is 5.94. The van der Waals surface area contributed by atoms with Crippen LogP contribution in [-0.4, -0.2) is 19.0 Å². The molecule has 5 heteroatoms. The smallest absolute Gasteiger partial charge is 0.337 e. The molecule has 0 aromatic heterocycles. The number of carboxylic acids is 1. The number of carbonyl (C=O) groups is 2. The SMILES string of the molecule is COC(=O)c1ccc([C@H]2Nc3c(C(=O)[O-])cccc3[C@H]3[C@H]4CC[C@H](C4)[C@H]32)cc1. The fourth-order valence-corrected chi connectivity index (χ4v) is 5.96. The first-order chi connectivity index (χ1) is 13.6. The summed E-state index contributed by atoms with van der Waals surface area (Å²) in [6, 6.07) is 13.0. The second-order valence-corrected chi connectivity index (χ2v) is 8.23. The highest BCUT2D eigenvalue weighted by Crippen LogP contribution is 2.63. The quantitative estimate of drug-likeness (QED) is 0.833. The van der Waals surface area contributed by atoms with Crippen molar-refractivity contribution in [3.8, 4) is 0 Å². The van der Waals surface area contributed by atoms with Crippen LogP contribution < -0.4 is 10.4 Å². The lowest BCUT2D eigenvalue weighted by molar-refractivity contribution is -0.254. The van der Waals surface area contributed by atoms with Gasteiger partial charge in [-0.15, -0.1) is 0 Å². The monoisotopic (exact) mass is 376 g/mol. The molecule has 3 aliphatic rings. The van der Waals surface area contributed by atoms with Crippen molar-refractivity contribution in [3.63, 3.8) is 0 Å². The number of benzene rings is 2. The Balaban J connectivity index is 1.59. The van der Waals surface area contributed by atoms with Gasteiger partial charge in [0.05, 0.1) is 24.7 Å². The predicted molar refractivity (Wildman–Crippen MR) is 102 cm³/mol. The van der Waals surface area contributed by atoms with Crippen LogP contribution >= 0.6 is 0 Å². The topological polar surface area (TPSA) is 78.5 Å². The molecule has 1 heterocycles. The molecule has 2 fully saturated rings. The molecule has 2 saturated carbocycles. The van der Waals surface area contributed by atoms with Crippen molar-refractivity contribution in [2.45, 2.75) is 31.2 Å². The van der Waals surface area contributed by atoms with Gasteiger partial charge in [-0.2, -0.15) is 0 Å². The molecule has 1 N–H and O–H groups in total. The van der Waals surface area contributed by atoms with E-state index in [2.05, 4.69) is 11.4 Å². The molecule has 5 nitrogen and oxygen atoms in total. The molecule has 2 bridgehead atoms. The van der Waals surface area contributed by atoms with E-state index < -0.39 is 5.97 Å². The van der Waals surface area contributed by atoms with Crippen LogP contribution in [0.5, 0.6) is 0 Å². The van der Waals surface area contributed by atoms with Crippen LogP contribution in [0.15, 0.2) is 42.5 Å². The summed E-state index contributed by atoms with van der Waals surface area (Å²) in [7, 11) is 1.37. The highest BCUT2D eigenvalue weighted by atomic mass is 16.5. The summed E-state index contributed by atoms with van der Waals surface area (Å²) in [4.78, 5) is 23.5. The molecule has 5 rings (SSSR count). The third-order valence-electron chi connectivity index (χ3n) is 7.03. The number of anilines is 1. The maximum atomic E-state index is 11.8. The molecule has 0 saturated heterocycles. The summed E-state index contributed by atoms with van der Waals surface area (Å²) in [6.07, 6.45) is 3.66. The molecule has 2 aromatic rings. The van der Waals surface area contributed by atoms with Crippen molar-refractivity contribution in [2.75, 3.05) is 12.4 Å². The van der Waals surface area contributed by atoms with Crippen LogP contribution in [0.25, 0.3) is 0 Å². The average molecular weight is 376 g/mol. The van der Waals surface area contributed by atoms with E-state index in [-0.39, 0.29) is 17.6 Å². The van der Waals surface area contributed by atoms with E-state index in [1.54, 1.807) is 18.2 Å². The summed E-state index contributed by atoms with van der Waals surface area (Å²) in [5, 5.41) is 15.3. The van der Waals surface area contributed by atoms with Gasteiger partial charge in [0, 0.05) is 11.3 Å². The zero-order valence-electron chi connectivity index (χ0n) is 15.7. The van der Waals surface area contributed by atoms with E-state index in [9.17, 15) is 14.7 Å². The number of nitrogens with one attached hydrogen (secondary N) is 1. The van der Waals surface area contributed by atoms with Crippen LogP contribution in [0, 0.1) is 17.8 Å². The molecule has 5 atom stereocenters. The Morgan fingerprint density at radius 1 is 1.07 bits per heavy atom. The largest absolute Gasteiger partial charge is 0.545 e. The lowest BCUT2D eigenvalue weighted by atomic mass is 9.67. The zero-order chi connectivity index (χ0) is 19.4. The maximum Gasteiger partial charge on any atom is 0.337 e. The van der Waals surface area contributed by atoms with Gasteiger partial charge in [0.2, 0.25) is 0 Å². The average Bonchev–Trinajstić information content (AvgIpc) is 3.35. The second-order valence-electron chi connectivity index (χ2n) is 8.23. The Bertz CT molecular complexity index is 952. The van der Waals surface area contributed by atoms with Crippen molar-refractivity contribution in [3.05, 3.63) is 64.7 Å². The Morgan fingerprint density at radius 3 is 2.54 bits per heavy atom. The Morgan fingerprint density at radius 2 is 1.82 bits per heavy atom. The van der Waals surface area contributed by atoms with E-state index in [4.69, 9.17) is 4.74 Å². The maximum absolute atomic E-state index is 11.8. The third-order valence-corrected chi connectivity index (χ3v) is 7.03. The molecule has 0 spiro atoms. The number of para-hydroxylation sites is 1. The first-order valence-corrected chi connectivity index (χ1v) is 9.87. The lowest BCUT2D eigenvalue weighted by Crippen LogP contribution is -2.37. The van der Waals surface area contributed by atoms with Crippen molar-refractivity contribution in [1.82, 2.24) is 0 Å². The number of methoxy groups -OCH3 is 1. The minimum absolute atomic E-state index is 0.0278. The highest BCUT2D eigenvalue weighted by Gasteiger charge is 2.54. The fraction of sp³-hybridized carbons (Fsp3) is 0.391. The molecule has 2 aromatic carbocycles. The third kappa shape index (κ3) is 2.45. The number of carbonyl (C=O) groups excluding carboxylic acids is 2. The Hall–Kier alpha value is -2.82. The van der Waals surface area contributed by atoms with Crippen molar-refractivity contribution in [1.29, 1.82) is 0 Å². The molecule has 28 heavy (non-hydrogen) atoms. The number of esters is 1. The van der Waals surface area contributed by atoms with Crippen molar-refractivity contribution >= 4 is 17.6 Å². The van der Waals surface area contributed by atoms with Crippen molar-refractivity contribution < 1.29 is 19.4 Å². The van der Waals surface area contributed by atoms with Gasteiger partial charge in [-0.3, -0.25) is 0 Å². The molecule has 0 radical (unpaired) electrons. The van der Waals surface area contributed by atoms with Gasteiger partial charge in [-0.25, -0.2) is 4.79 Å². The summed E-state index contributed by atoms with van der Waals surface area (Å²) < 4.78 is 4.79. The molecule has 0 amide bonds. The first kappa shape index (κ1) is 17.3. The van der Waals surface area contributed by atoms with Crippen LogP contribution in [0.2, 0.25) is 0 Å².